The van der Waals surface area contributed by atoms with E-state index in [2.05, 4.69) is 10.9 Å². The zero-order valence-corrected chi connectivity index (χ0v) is 11.3. The maximum atomic E-state index is 12.2. The van der Waals surface area contributed by atoms with Crippen LogP contribution in [-0.4, -0.2) is 22.9 Å². The summed E-state index contributed by atoms with van der Waals surface area (Å²) in [7, 11) is 1.57. The van der Waals surface area contributed by atoms with Crippen LogP contribution >= 0.6 is 11.3 Å². The first-order valence-corrected chi connectivity index (χ1v) is 6.35. The molecule has 1 heterocycles. The molecule has 2 rings (SSSR count). The summed E-state index contributed by atoms with van der Waals surface area (Å²) < 4.78 is 0. The van der Waals surface area contributed by atoms with E-state index in [0.717, 1.165) is 0 Å². The van der Waals surface area contributed by atoms with Gasteiger partial charge in [-0.15, -0.1) is 17.8 Å². The quantitative estimate of drug-likeness (QED) is 0.493. The van der Waals surface area contributed by atoms with Gasteiger partial charge in [0.1, 0.15) is 5.69 Å². The minimum absolute atomic E-state index is 0.0297. The van der Waals surface area contributed by atoms with Crippen LogP contribution in [0.2, 0.25) is 0 Å². The standard InChI is InChI=1S/C13H9N3O3S/c1-3-12-14-11(8-20-12)13(17)15(2)9-4-6-10(7-5-9)16(18)19/h1,4-8H,2H3. The Hall–Kier alpha value is -2.72. The molecule has 100 valence electrons. The summed E-state index contributed by atoms with van der Waals surface area (Å²) in [5.41, 5.74) is 0.762. The molecule has 0 unspecified atom stereocenters. The molecule has 0 atom stereocenters. The van der Waals surface area contributed by atoms with Crippen molar-refractivity contribution in [2.24, 2.45) is 0 Å². The fraction of sp³-hybridized carbons (Fsp3) is 0.0769. The zero-order chi connectivity index (χ0) is 14.7. The summed E-state index contributed by atoms with van der Waals surface area (Å²) in [6, 6.07) is 5.69. The zero-order valence-electron chi connectivity index (χ0n) is 10.4. The minimum atomic E-state index is -0.495. The Balaban J connectivity index is 2.22. The van der Waals surface area contributed by atoms with Crippen molar-refractivity contribution in [2.75, 3.05) is 11.9 Å². The van der Waals surface area contributed by atoms with E-state index < -0.39 is 4.92 Å². The van der Waals surface area contributed by atoms with Crippen LogP contribution in [-0.2, 0) is 0 Å². The fourth-order valence-corrected chi connectivity index (χ4v) is 2.12. The first kappa shape index (κ1) is 13.7. The number of nitro groups is 1. The maximum Gasteiger partial charge on any atom is 0.277 e. The third kappa shape index (κ3) is 2.65. The molecule has 6 nitrogen and oxygen atoms in total. The van der Waals surface area contributed by atoms with Crippen molar-refractivity contribution in [1.29, 1.82) is 0 Å². The molecule has 0 aliphatic heterocycles. The lowest BCUT2D eigenvalue weighted by Crippen LogP contribution is -2.26. The minimum Gasteiger partial charge on any atom is -0.310 e. The molecule has 2 aromatic rings. The fourth-order valence-electron chi connectivity index (χ4n) is 1.53. The van der Waals surface area contributed by atoms with E-state index in [1.54, 1.807) is 12.4 Å². The third-order valence-electron chi connectivity index (χ3n) is 2.60. The van der Waals surface area contributed by atoms with Crippen LogP contribution in [0.25, 0.3) is 0 Å². The number of nitrogens with zero attached hydrogens (tertiary/aromatic N) is 3. The van der Waals surface area contributed by atoms with Crippen LogP contribution in [0, 0.1) is 22.5 Å². The van der Waals surface area contributed by atoms with Crippen molar-refractivity contribution in [3.8, 4) is 12.3 Å². The lowest BCUT2D eigenvalue weighted by molar-refractivity contribution is -0.384. The summed E-state index contributed by atoms with van der Waals surface area (Å²) in [5, 5.41) is 12.6. The number of hydrogen-bond acceptors (Lipinski definition) is 5. The van der Waals surface area contributed by atoms with E-state index in [1.165, 1.54) is 40.5 Å². The summed E-state index contributed by atoms with van der Waals surface area (Å²) in [4.78, 5) is 27.6. The van der Waals surface area contributed by atoms with Gasteiger partial charge >= 0.3 is 0 Å². The van der Waals surface area contributed by atoms with Crippen molar-refractivity contribution in [3.05, 3.63) is 50.5 Å². The molecule has 0 bridgehead atoms. The Morgan fingerprint density at radius 1 is 1.45 bits per heavy atom. The summed E-state index contributed by atoms with van der Waals surface area (Å²) >= 11 is 1.21. The maximum absolute atomic E-state index is 12.2. The smallest absolute Gasteiger partial charge is 0.277 e. The lowest BCUT2D eigenvalue weighted by atomic mass is 10.2. The number of anilines is 1. The predicted octanol–water partition coefficient (Wildman–Crippen LogP) is 2.31. The molecular formula is C13H9N3O3S. The Morgan fingerprint density at radius 2 is 2.10 bits per heavy atom. The van der Waals surface area contributed by atoms with Crippen LogP contribution in [0.4, 0.5) is 11.4 Å². The van der Waals surface area contributed by atoms with Gasteiger partial charge in [-0.25, -0.2) is 4.98 Å². The lowest BCUT2D eigenvalue weighted by Gasteiger charge is -2.15. The topological polar surface area (TPSA) is 76.3 Å². The molecule has 0 aliphatic rings. The highest BCUT2D eigenvalue weighted by Crippen LogP contribution is 2.20. The van der Waals surface area contributed by atoms with Crippen molar-refractivity contribution < 1.29 is 9.72 Å². The van der Waals surface area contributed by atoms with Gasteiger partial charge in [0, 0.05) is 30.2 Å². The van der Waals surface area contributed by atoms with E-state index in [9.17, 15) is 14.9 Å². The van der Waals surface area contributed by atoms with Crippen LogP contribution in [0.5, 0.6) is 0 Å². The second-order valence-corrected chi connectivity index (χ2v) is 4.68. The van der Waals surface area contributed by atoms with Crippen LogP contribution in [0.15, 0.2) is 29.6 Å². The van der Waals surface area contributed by atoms with Gasteiger partial charge in [0.05, 0.1) is 4.92 Å². The number of non-ortho nitro benzene ring substituents is 1. The van der Waals surface area contributed by atoms with Crippen molar-refractivity contribution in [2.45, 2.75) is 0 Å². The SMILES string of the molecule is C#Cc1nc(C(=O)N(C)c2ccc([N+](=O)[O-])cc2)cs1. The monoisotopic (exact) mass is 287 g/mol. The molecule has 1 aromatic heterocycles. The number of carbonyl (C=O) groups is 1. The molecule has 1 amide bonds. The van der Waals surface area contributed by atoms with Crippen molar-refractivity contribution >= 4 is 28.6 Å². The van der Waals surface area contributed by atoms with Gasteiger partial charge < -0.3 is 4.90 Å². The van der Waals surface area contributed by atoms with E-state index in [0.29, 0.717) is 10.7 Å². The van der Waals surface area contributed by atoms with E-state index >= 15 is 0 Å². The van der Waals surface area contributed by atoms with Gasteiger partial charge in [0.2, 0.25) is 0 Å². The predicted molar refractivity (Wildman–Crippen MR) is 75.9 cm³/mol. The molecule has 0 radical (unpaired) electrons. The highest BCUT2D eigenvalue weighted by Gasteiger charge is 2.17. The second kappa shape index (κ2) is 5.50. The first-order chi connectivity index (χ1) is 9.52. The number of rotatable bonds is 3. The number of hydrogen-bond donors (Lipinski definition) is 0. The van der Waals surface area contributed by atoms with Gasteiger partial charge in [0.25, 0.3) is 11.6 Å². The molecule has 0 fully saturated rings. The molecule has 0 saturated heterocycles. The summed E-state index contributed by atoms with van der Waals surface area (Å²) in [5.74, 6) is 2.04. The Labute approximate surface area is 118 Å². The number of carbonyl (C=O) groups excluding carboxylic acids is 1. The van der Waals surface area contributed by atoms with Gasteiger partial charge in [-0.2, -0.15) is 0 Å². The average Bonchev–Trinajstić information content (AvgIpc) is 2.94. The highest BCUT2D eigenvalue weighted by atomic mass is 32.1. The van der Waals surface area contributed by atoms with E-state index in [1.807, 2.05) is 0 Å². The molecule has 0 saturated carbocycles. The van der Waals surface area contributed by atoms with Crippen LogP contribution in [0.1, 0.15) is 15.5 Å². The number of thiazole rings is 1. The Kier molecular flexibility index (Phi) is 3.77. The van der Waals surface area contributed by atoms with Gasteiger partial charge in [-0.1, -0.05) is 0 Å². The highest BCUT2D eigenvalue weighted by molar-refractivity contribution is 7.10. The van der Waals surface area contributed by atoms with E-state index in [-0.39, 0.29) is 17.3 Å². The third-order valence-corrected chi connectivity index (χ3v) is 3.37. The number of terminal acetylenes is 1. The molecule has 0 spiro atoms. The summed E-state index contributed by atoms with van der Waals surface area (Å²) in [6.45, 7) is 0. The Morgan fingerprint density at radius 3 is 2.60 bits per heavy atom. The number of aromatic nitrogens is 1. The number of benzene rings is 1. The Bertz CT molecular complexity index is 700. The summed E-state index contributed by atoms with van der Waals surface area (Å²) in [6.07, 6.45) is 5.20. The number of nitro benzene ring substituents is 1. The molecule has 0 N–H and O–H groups in total. The second-order valence-electron chi connectivity index (χ2n) is 3.82. The average molecular weight is 287 g/mol. The van der Waals surface area contributed by atoms with E-state index in [4.69, 9.17) is 6.42 Å². The van der Waals surface area contributed by atoms with Gasteiger partial charge in [-0.3, -0.25) is 14.9 Å². The molecule has 1 aromatic carbocycles. The molecule has 20 heavy (non-hydrogen) atoms. The molecule has 7 heteroatoms. The molecule has 0 aliphatic carbocycles. The van der Waals surface area contributed by atoms with Gasteiger partial charge in [-0.05, 0) is 18.1 Å². The largest absolute Gasteiger partial charge is 0.310 e. The van der Waals surface area contributed by atoms with Crippen LogP contribution in [0.3, 0.4) is 0 Å². The first-order valence-electron chi connectivity index (χ1n) is 5.47. The molecular weight excluding hydrogens is 278 g/mol. The van der Waals surface area contributed by atoms with Crippen molar-refractivity contribution in [1.82, 2.24) is 4.98 Å². The normalized spacial score (nSPS) is 9.80. The van der Waals surface area contributed by atoms with Crippen molar-refractivity contribution in [3.63, 3.8) is 0 Å². The van der Waals surface area contributed by atoms with Crippen LogP contribution < -0.4 is 4.90 Å². The number of amides is 1. The van der Waals surface area contributed by atoms with Gasteiger partial charge in [0.15, 0.2) is 5.01 Å².